The molecule has 0 heterocycles. The Balaban J connectivity index is 2.83. The standard InChI is InChI=1S/C11H12ClFN2O2S/c1-6(16)14-9(5-18)11(17)15-10-7(12)3-2-4-8(10)13/h2-4,9,18H,5H2,1H3,(H,14,16)(H,15,17). The smallest absolute Gasteiger partial charge is 0.247 e. The van der Waals surface area contributed by atoms with Gasteiger partial charge in [-0.3, -0.25) is 9.59 Å². The number of amides is 2. The fraction of sp³-hybridized carbons (Fsp3) is 0.273. The van der Waals surface area contributed by atoms with E-state index in [1.54, 1.807) is 0 Å². The van der Waals surface area contributed by atoms with Crippen LogP contribution in [-0.4, -0.2) is 23.6 Å². The van der Waals surface area contributed by atoms with Crippen molar-refractivity contribution in [3.05, 3.63) is 29.0 Å². The zero-order chi connectivity index (χ0) is 13.7. The number of halogens is 2. The van der Waals surface area contributed by atoms with Crippen molar-refractivity contribution in [2.24, 2.45) is 0 Å². The maximum absolute atomic E-state index is 13.4. The van der Waals surface area contributed by atoms with Crippen LogP contribution >= 0.6 is 24.2 Å². The summed E-state index contributed by atoms with van der Waals surface area (Å²) in [6.45, 7) is 1.28. The monoisotopic (exact) mass is 290 g/mol. The lowest BCUT2D eigenvalue weighted by Gasteiger charge is -2.16. The molecule has 0 aliphatic rings. The Kier molecular flexibility index (Phi) is 5.43. The number of rotatable bonds is 4. The highest BCUT2D eigenvalue weighted by Gasteiger charge is 2.20. The summed E-state index contributed by atoms with van der Waals surface area (Å²) < 4.78 is 13.4. The van der Waals surface area contributed by atoms with E-state index in [9.17, 15) is 14.0 Å². The first kappa shape index (κ1) is 14.8. The van der Waals surface area contributed by atoms with Gasteiger partial charge in [-0.1, -0.05) is 17.7 Å². The van der Waals surface area contributed by atoms with Crippen LogP contribution in [0, 0.1) is 5.82 Å². The molecule has 0 saturated carbocycles. The Hall–Kier alpha value is -1.27. The van der Waals surface area contributed by atoms with Crippen LogP contribution in [0.25, 0.3) is 0 Å². The van der Waals surface area contributed by atoms with E-state index in [-0.39, 0.29) is 22.4 Å². The molecule has 0 spiro atoms. The molecule has 2 N–H and O–H groups in total. The predicted molar refractivity (Wildman–Crippen MR) is 71.5 cm³/mol. The Morgan fingerprint density at radius 2 is 2.17 bits per heavy atom. The van der Waals surface area contributed by atoms with Crippen LogP contribution in [0.1, 0.15) is 6.92 Å². The van der Waals surface area contributed by atoms with Crippen molar-refractivity contribution in [1.82, 2.24) is 5.32 Å². The van der Waals surface area contributed by atoms with Crippen LogP contribution in [0.5, 0.6) is 0 Å². The van der Waals surface area contributed by atoms with E-state index in [1.165, 1.54) is 25.1 Å². The number of hydrogen-bond donors (Lipinski definition) is 3. The lowest BCUT2D eigenvalue weighted by atomic mass is 10.2. The second-order valence-corrected chi connectivity index (χ2v) is 4.29. The molecule has 0 aliphatic heterocycles. The fourth-order valence-electron chi connectivity index (χ4n) is 1.27. The number of thiol groups is 1. The summed E-state index contributed by atoms with van der Waals surface area (Å²) in [5.74, 6) is -1.50. The van der Waals surface area contributed by atoms with Gasteiger partial charge in [0.1, 0.15) is 11.9 Å². The predicted octanol–water partition coefficient (Wildman–Crippen LogP) is 1.85. The van der Waals surface area contributed by atoms with E-state index in [2.05, 4.69) is 23.3 Å². The second-order valence-electron chi connectivity index (χ2n) is 3.52. The zero-order valence-electron chi connectivity index (χ0n) is 9.54. The van der Waals surface area contributed by atoms with Gasteiger partial charge in [0.05, 0.1) is 10.7 Å². The fourth-order valence-corrected chi connectivity index (χ4v) is 1.73. The van der Waals surface area contributed by atoms with Gasteiger partial charge in [-0.25, -0.2) is 4.39 Å². The minimum absolute atomic E-state index is 0.0871. The van der Waals surface area contributed by atoms with Gasteiger partial charge in [0.2, 0.25) is 11.8 Å². The van der Waals surface area contributed by atoms with Gasteiger partial charge in [-0.05, 0) is 12.1 Å². The van der Waals surface area contributed by atoms with Crippen molar-refractivity contribution in [2.75, 3.05) is 11.1 Å². The first-order chi connectivity index (χ1) is 8.45. The van der Waals surface area contributed by atoms with E-state index < -0.39 is 17.8 Å². The molecular formula is C11H12ClFN2O2S. The molecule has 4 nitrogen and oxygen atoms in total. The van der Waals surface area contributed by atoms with Gasteiger partial charge in [0.25, 0.3) is 0 Å². The highest BCUT2D eigenvalue weighted by atomic mass is 35.5. The molecule has 0 bridgehead atoms. The number of hydrogen-bond acceptors (Lipinski definition) is 3. The number of nitrogens with one attached hydrogen (secondary N) is 2. The van der Waals surface area contributed by atoms with Gasteiger partial charge in [-0.15, -0.1) is 0 Å². The third kappa shape index (κ3) is 3.89. The van der Waals surface area contributed by atoms with E-state index in [1.807, 2.05) is 0 Å². The number of carbonyl (C=O) groups is 2. The molecule has 0 aliphatic carbocycles. The summed E-state index contributed by atoms with van der Waals surface area (Å²) in [7, 11) is 0. The number of carbonyl (C=O) groups excluding carboxylic acids is 2. The van der Waals surface area contributed by atoms with Crippen molar-refractivity contribution < 1.29 is 14.0 Å². The molecule has 1 aromatic carbocycles. The van der Waals surface area contributed by atoms with E-state index in [4.69, 9.17) is 11.6 Å². The number of benzene rings is 1. The lowest BCUT2D eigenvalue weighted by Crippen LogP contribution is -2.44. The summed E-state index contributed by atoms with van der Waals surface area (Å²) in [4.78, 5) is 22.7. The van der Waals surface area contributed by atoms with Gasteiger partial charge < -0.3 is 10.6 Å². The quantitative estimate of drug-likeness (QED) is 0.741. The van der Waals surface area contributed by atoms with Crippen molar-refractivity contribution >= 4 is 41.7 Å². The molecule has 1 unspecified atom stereocenters. The van der Waals surface area contributed by atoms with Crippen LogP contribution in [0.2, 0.25) is 5.02 Å². The normalized spacial score (nSPS) is 11.8. The largest absolute Gasteiger partial charge is 0.344 e. The molecule has 0 saturated heterocycles. The van der Waals surface area contributed by atoms with Crippen LogP contribution in [0.3, 0.4) is 0 Å². The maximum atomic E-state index is 13.4. The molecule has 2 amide bonds. The topological polar surface area (TPSA) is 58.2 Å². The first-order valence-electron chi connectivity index (χ1n) is 5.08. The summed E-state index contributed by atoms with van der Waals surface area (Å²) in [5.41, 5.74) is -0.110. The van der Waals surface area contributed by atoms with Gasteiger partial charge in [0.15, 0.2) is 0 Å². The Morgan fingerprint density at radius 3 is 2.67 bits per heavy atom. The lowest BCUT2D eigenvalue weighted by molar-refractivity contribution is -0.124. The minimum atomic E-state index is -0.846. The number of para-hydroxylation sites is 1. The third-order valence-corrected chi connectivity index (χ3v) is 2.77. The van der Waals surface area contributed by atoms with Crippen molar-refractivity contribution in [2.45, 2.75) is 13.0 Å². The van der Waals surface area contributed by atoms with E-state index >= 15 is 0 Å². The highest BCUT2D eigenvalue weighted by molar-refractivity contribution is 7.80. The van der Waals surface area contributed by atoms with Gasteiger partial charge in [0, 0.05) is 12.7 Å². The summed E-state index contributed by atoms with van der Waals surface area (Å²) >= 11 is 9.71. The Bertz CT molecular complexity index is 450. The van der Waals surface area contributed by atoms with Crippen molar-refractivity contribution in [3.63, 3.8) is 0 Å². The van der Waals surface area contributed by atoms with Crippen LogP contribution < -0.4 is 10.6 Å². The molecule has 98 valence electrons. The zero-order valence-corrected chi connectivity index (χ0v) is 11.2. The first-order valence-corrected chi connectivity index (χ1v) is 6.09. The van der Waals surface area contributed by atoms with Crippen molar-refractivity contribution in [3.8, 4) is 0 Å². The molecule has 1 rings (SSSR count). The molecule has 0 radical (unpaired) electrons. The highest BCUT2D eigenvalue weighted by Crippen LogP contribution is 2.24. The molecule has 7 heteroatoms. The van der Waals surface area contributed by atoms with E-state index in [0.29, 0.717) is 0 Å². The minimum Gasteiger partial charge on any atom is -0.344 e. The maximum Gasteiger partial charge on any atom is 0.247 e. The Labute approximate surface area is 114 Å². The van der Waals surface area contributed by atoms with E-state index in [0.717, 1.165) is 0 Å². The third-order valence-electron chi connectivity index (χ3n) is 2.09. The van der Waals surface area contributed by atoms with Gasteiger partial charge in [-0.2, -0.15) is 12.6 Å². The average Bonchev–Trinajstić information content (AvgIpc) is 2.30. The molecule has 1 aromatic rings. The summed E-state index contributed by atoms with van der Waals surface area (Å²) in [6.07, 6.45) is 0. The summed E-state index contributed by atoms with van der Waals surface area (Å²) in [5, 5.41) is 4.81. The summed E-state index contributed by atoms with van der Waals surface area (Å²) in [6, 6.07) is 3.21. The molecule has 0 fully saturated rings. The average molecular weight is 291 g/mol. The molecular weight excluding hydrogens is 279 g/mol. The van der Waals surface area contributed by atoms with Crippen molar-refractivity contribution in [1.29, 1.82) is 0 Å². The second kappa shape index (κ2) is 6.61. The molecule has 0 aromatic heterocycles. The number of anilines is 1. The Morgan fingerprint density at radius 1 is 1.50 bits per heavy atom. The molecule has 1 atom stereocenters. The van der Waals surface area contributed by atoms with Crippen LogP contribution in [0.15, 0.2) is 18.2 Å². The SMILES string of the molecule is CC(=O)NC(CS)C(=O)Nc1c(F)cccc1Cl. The van der Waals surface area contributed by atoms with Gasteiger partial charge >= 0.3 is 0 Å². The molecule has 18 heavy (non-hydrogen) atoms. The van der Waals surface area contributed by atoms with Crippen LogP contribution in [0.4, 0.5) is 10.1 Å². The van der Waals surface area contributed by atoms with Crippen LogP contribution in [-0.2, 0) is 9.59 Å².